The molecule has 0 saturated heterocycles. The molecule has 230 valence electrons. The summed E-state index contributed by atoms with van der Waals surface area (Å²) < 4.78 is 0. The highest BCUT2D eigenvalue weighted by atomic mass is 15.1. The quantitative estimate of drug-likeness (QED) is 0.167. The van der Waals surface area contributed by atoms with Crippen LogP contribution < -0.4 is 4.90 Å². The summed E-state index contributed by atoms with van der Waals surface area (Å²) in [5, 5.41) is 7.51. The molecular weight excluding hydrogens is 591 g/mol. The molecule has 0 N–H and O–H groups in total. The number of fused-ring (bicyclic) bond motifs is 4. The van der Waals surface area contributed by atoms with Crippen molar-refractivity contribution in [2.45, 2.75) is 0 Å². The van der Waals surface area contributed by atoms with Gasteiger partial charge in [-0.05, 0) is 102 Å². The van der Waals surface area contributed by atoms with Gasteiger partial charge in [0, 0.05) is 17.1 Å². The fourth-order valence-electron chi connectivity index (χ4n) is 7.24. The molecule has 0 amide bonds. The molecule has 9 aromatic rings. The van der Waals surface area contributed by atoms with Crippen molar-refractivity contribution >= 4 is 49.4 Å². The molecule has 1 nitrogen and oxygen atoms in total. The Labute approximate surface area is 287 Å². The molecule has 0 atom stereocenters. The Kier molecular flexibility index (Phi) is 7.22. The standard InChI is InChI=1S/C48H33N/c1-3-12-34(13-4-1)46-31-30-42(33-47(46)36-14-5-2-6-15-36)49(41-29-26-39-23-22-37-17-8-10-20-45(37)48(39)32-41)40-27-24-38(25-28-40)44-21-11-18-35-16-7-9-19-43(35)44/h1-33H. The highest BCUT2D eigenvalue weighted by Crippen LogP contribution is 2.42. The highest BCUT2D eigenvalue weighted by Gasteiger charge is 2.18. The van der Waals surface area contributed by atoms with Crippen LogP contribution in [0.4, 0.5) is 17.1 Å². The van der Waals surface area contributed by atoms with Crippen molar-refractivity contribution < 1.29 is 0 Å². The summed E-state index contributed by atoms with van der Waals surface area (Å²) in [5.74, 6) is 0. The normalized spacial score (nSPS) is 11.3. The average molecular weight is 624 g/mol. The van der Waals surface area contributed by atoms with E-state index in [0.717, 1.165) is 17.1 Å². The Morgan fingerprint density at radius 3 is 1.47 bits per heavy atom. The van der Waals surface area contributed by atoms with Crippen LogP contribution in [0.25, 0.3) is 65.7 Å². The number of nitrogens with zero attached hydrogens (tertiary/aromatic N) is 1. The van der Waals surface area contributed by atoms with Gasteiger partial charge in [0.05, 0.1) is 0 Å². The van der Waals surface area contributed by atoms with Gasteiger partial charge in [0.1, 0.15) is 0 Å². The van der Waals surface area contributed by atoms with Gasteiger partial charge in [-0.25, -0.2) is 0 Å². The van der Waals surface area contributed by atoms with Crippen molar-refractivity contribution in [1.82, 2.24) is 0 Å². The minimum Gasteiger partial charge on any atom is -0.310 e. The first-order valence-corrected chi connectivity index (χ1v) is 16.8. The predicted molar refractivity (Wildman–Crippen MR) is 210 cm³/mol. The monoisotopic (exact) mass is 623 g/mol. The van der Waals surface area contributed by atoms with Gasteiger partial charge in [-0.15, -0.1) is 0 Å². The highest BCUT2D eigenvalue weighted by molar-refractivity contribution is 6.09. The second-order valence-corrected chi connectivity index (χ2v) is 12.6. The first kappa shape index (κ1) is 28.8. The third kappa shape index (κ3) is 5.32. The summed E-state index contributed by atoms with van der Waals surface area (Å²) in [6.07, 6.45) is 0. The first-order valence-electron chi connectivity index (χ1n) is 16.8. The molecule has 0 saturated carbocycles. The van der Waals surface area contributed by atoms with Gasteiger partial charge < -0.3 is 4.90 Å². The topological polar surface area (TPSA) is 3.24 Å². The molecule has 0 aliphatic carbocycles. The van der Waals surface area contributed by atoms with Gasteiger partial charge in [0.15, 0.2) is 0 Å². The van der Waals surface area contributed by atoms with E-state index >= 15 is 0 Å². The third-order valence-corrected chi connectivity index (χ3v) is 9.65. The van der Waals surface area contributed by atoms with Gasteiger partial charge in [-0.1, -0.05) is 164 Å². The first-order chi connectivity index (χ1) is 24.3. The van der Waals surface area contributed by atoms with Gasteiger partial charge in [0.2, 0.25) is 0 Å². The summed E-state index contributed by atoms with van der Waals surface area (Å²) in [4.78, 5) is 2.40. The average Bonchev–Trinajstić information content (AvgIpc) is 3.18. The second kappa shape index (κ2) is 12.3. The van der Waals surface area contributed by atoms with Crippen LogP contribution >= 0.6 is 0 Å². The molecule has 0 heterocycles. The lowest BCUT2D eigenvalue weighted by molar-refractivity contribution is 1.29. The van der Waals surface area contributed by atoms with E-state index in [4.69, 9.17) is 0 Å². The van der Waals surface area contributed by atoms with Crippen LogP contribution in [0.5, 0.6) is 0 Å². The minimum atomic E-state index is 1.11. The number of rotatable bonds is 6. The van der Waals surface area contributed by atoms with Gasteiger partial charge in [-0.3, -0.25) is 0 Å². The number of benzene rings is 9. The molecule has 0 aromatic heterocycles. The number of hydrogen-bond acceptors (Lipinski definition) is 1. The van der Waals surface area contributed by atoms with E-state index in [2.05, 4.69) is 205 Å². The minimum absolute atomic E-state index is 1.11. The maximum absolute atomic E-state index is 2.40. The Bertz CT molecular complexity index is 2580. The molecule has 0 aliphatic rings. The zero-order valence-corrected chi connectivity index (χ0v) is 27.0. The molecule has 9 aromatic carbocycles. The van der Waals surface area contributed by atoms with E-state index in [0.29, 0.717) is 0 Å². The zero-order chi connectivity index (χ0) is 32.6. The van der Waals surface area contributed by atoms with Crippen LogP contribution in [0.2, 0.25) is 0 Å². The molecule has 0 unspecified atom stereocenters. The van der Waals surface area contributed by atoms with Crippen LogP contribution in [0, 0.1) is 0 Å². The number of anilines is 3. The Balaban J connectivity index is 1.25. The fraction of sp³-hybridized carbons (Fsp3) is 0. The third-order valence-electron chi connectivity index (χ3n) is 9.65. The largest absolute Gasteiger partial charge is 0.310 e. The van der Waals surface area contributed by atoms with Crippen molar-refractivity contribution in [2.24, 2.45) is 0 Å². The zero-order valence-electron chi connectivity index (χ0n) is 27.0. The van der Waals surface area contributed by atoms with Gasteiger partial charge in [0.25, 0.3) is 0 Å². The molecule has 0 spiro atoms. The second-order valence-electron chi connectivity index (χ2n) is 12.6. The summed E-state index contributed by atoms with van der Waals surface area (Å²) in [6, 6.07) is 72.5. The lowest BCUT2D eigenvalue weighted by Crippen LogP contribution is -2.10. The Hall–Kier alpha value is -6.44. The number of hydrogen-bond donors (Lipinski definition) is 0. The van der Waals surface area contributed by atoms with Crippen molar-refractivity contribution in [3.8, 4) is 33.4 Å². The van der Waals surface area contributed by atoms with E-state index in [-0.39, 0.29) is 0 Å². The lowest BCUT2D eigenvalue weighted by Gasteiger charge is -2.27. The van der Waals surface area contributed by atoms with Crippen molar-refractivity contribution in [3.05, 3.63) is 200 Å². The smallest absolute Gasteiger partial charge is 0.0468 e. The SMILES string of the molecule is c1ccc(-c2ccc(N(c3ccc(-c4cccc5ccccc45)cc3)c3ccc4ccc5ccccc5c4c3)cc2-c2ccccc2)cc1. The van der Waals surface area contributed by atoms with Crippen molar-refractivity contribution in [2.75, 3.05) is 4.90 Å². The van der Waals surface area contributed by atoms with E-state index in [1.165, 1.54) is 65.7 Å². The van der Waals surface area contributed by atoms with Gasteiger partial charge >= 0.3 is 0 Å². The van der Waals surface area contributed by atoms with Gasteiger partial charge in [-0.2, -0.15) is 0 Å². The van der Waals surface area contributed by atoms with Crippen LogP contribution in [0.15, 0.2) is 200 Å². The Morgan fingerprint density at radius 1 is 0.245 bits per heavy atom. The summed E-state index contributed by atoms with van der Waals surface area (Å²) in [5.41, 5.74) is 10.6. The molecule has 9 rings (SSSR count). The maximum atomic E-state index is 2.40. The molecule has 0 aliphatic heterocycles. The summed E-state index contributed by atoms with van der Waals surface area (Å²) >= 11 is 0. The summed E-state index contributed by atoms with van der Waals surface area (Å²) in [6.45, 7) is 0. The Morgan fingerprint density at radius 2 is 0.735 bits per heavy atom. The molecule has 1 heteroatoms. The van der Waals surface area contributed by atoms with E-state index in [1.54, 1.807) is 0 Å². The predicted octanol–water partition coefficient (Wildman–Crippen LogP) is 13.6. The fourth-order valence-corrected chi connectivity index (χ4v) is 7.24. The van der Waals surface area contributed by atoms with E-state index in [1.807, 2.05) is 0 Å². The van der Waals surface area contributed by atoms with Crippen molar-refractivity contribution in [3.63, 3.8) is 0 Å². The van der Waals surface area contributed by atoms with Crippen LogP contribution in [-0.4, -0.2) is 0 Å². The lowest BCUT2D eigenvalue weighted by atomic mass is 9.93. The molecule has 49 heavy (non-hydrogen) atoms. The molecule has 0 fully saturated rings. The van der Waals surface area contributed by atoms with Crippen LogP contribution in [0.3, 0.4) is 0 Å². The van der Waals surface area contributed by atoms with E-state index < -0.39 is 0 Å². The van der Waals surface area contributed by atoms with Crippen LogP contribution in [0.1, 0.15) is 0 Å². The van der Waals surface area contributed by atoms with Crippen LogP contribution in [-0.2, 0) is 0 Å². The van der Waals surface area contributed by atoms with E-state index in [9.17, 15) is 0 Å². The van der Waals surface area contributed by atoms with Crippen molar-refractivity contribution in [1.29, 1.82) is 0 Å². The molecular formula is C48H33N. The molecule has 0 bridgehead atoms. The molecule has 0 radical (unpaired) electrons. The maximum Gasteiger partial charge on any atom is 0.0468 e. The summed E-state index contributed by atoms with van der Waals surface area (Å²) in [7, 11) is 0.